The SMILES string of the molecule is C#C[C@]1(CC)O[C@@H](N2C=CC(=O)CC2=O)C(F)(F)[C@@H]1C.C#C[C@]1(CC)O[C@@H](n2ccc(N)nc2=O)C(F)(F)[C@@H]1C.C=C[C@]1(CO)O[C@@H](n2ccc(N)nc2=O)C(F)(F)[C@@H]1O. The number of nitrogen functional groups attached to an aromatic ring is 2. The van der Waals surface area contributed by atoms with Crippen molar-refractivity contribution in [2.24, 2.45) is 11.8 Å². The number of ether oxygens (including phenoxy) is 3. The van der Waals surface area contributed by atoms with Gasteiger partial charge in [-0.25, -0.2) is 27.2 Å². The Balaban J connectivity index is 0.000000198. The summed E-state index contributed by atoms with van der Waals surface area (Å²) in [6.07, 6.45) is 7.80. The van der Waals surface area contributed by atoms with Crippen molar-refractivity contribution in [3.05, 3.63) is 70.4 Å². The van der Waals surface area contributed by atoms with Gasteiger partial charge in [0.2, 0.25) is 24.6 Å². The van der Waals surface area contributed by atoms with Crippen molar-refractivity contribution in [1.29, 1.82) is 0 Å². The fraction of sp³-hybridized carbons (Fsp3) is 0.526. The standard InChI is InChI=1S/C14H15F2NO3.C13H15F2N3O2.C11H13F2N3O4/c1-4-13(5-2)9(3)14(15,16)12(20-13)17-7-6-10(18)8-11(17)19;1-4-12(5-2)8(3)13(14,15)10(20-12)18-7-6-9(16)17-11(18)19;1-2-10(5-17)7(18)11(12,13)8(20-10)16-4-3-6(14)15-9(16)19/h1,6-7,9,12H,5,8H2,2-3H3;1,6-8,10H,5H2,2-3H3,(H2,16,17,19);2-4,7-8,17-18H,1,5H2,(H2,14,15,19)/t9-,12-,13-;8-,10-,12-;7-,8-,10-/m111/s1. The van der Waals surface area contributed by atoms with E-state index in [0.29, 0.717) is 4.57 Å². The highest BCUT2D eigenvalue weighted by atomic mass is 19.3. The van der Waals surface area contributed by atoms with E-state index in [0.717, 1.165) is 46.3 Å². The van der Waals surface area contributed by atoms with Gasteiger partial charge in [-0.1, -0.05) is 45.6 Å². The summed E-state index contributed by atoms with van der Waals surface area (Å²) in [5.41, 5.74) is 3.78. The molecule has 16 nitrogen and oxygen atoms in total. The van der Waals surface area contributed by atoms with Crippen molar-refractivity contribution in [2.75, 3.05) is 18.1 Å². The maximum absolute atomic E-state index is 14.4. The van der Waals surface area contributed by atoms with Gasteiger partial charge in [0.05, 0.1) is 24.9 Å². The van der Waals surface area contributed by atoms with E-state index in [1.165, 1.54) is 19.9 Å². The highest BCUT2D eigenvalue weighted by Crippen LogP contribution is 2.53. The molecule has 0 unspecified atom stereocenters. The van der Waals surface area contributed by atoms with E-state index in [2.05, 4.69) is 28.4 Å². The fourth-order valence-corrected chi connectivity index (χ4v) is 6.96. The predicted molar refractivity (Wildman–Crippen MR) is 199 cm³/mol. The van der Waals surface area contributed by atoms with E-state index in [-0.39, 0.29) is 24.5 Å². The zero-order valence-corrected chi connectivity index (χ0v) is 32.6. The molecule has 2 aromatic heterocycles. The van der Waals surface area contributed by atoms with Crippen LogP contribution in [0.25, 0.3) is 0 Å². The van der Waals surface area contributed by atoms with Crippen LogP contribution in [0.5, 0.6) is 0 Å². The molecule has 0 aliphatic carbocycles. The Kier molecular flexibility index (Phi) is 13.2. The van der Waals surface area contributed by atoms with Gasteiger partial charge >= 0.3 is 17.3 Å². The number of nitrogens with zero attached hydrogens (tertiary/aromatic N) is 5. The van der Waals surface area contributed by atoms with E-state index in [1.807, 2.05) is 0 Å². The Morgan fingerprint density at radius 3 is 1.62 bits per heavy atom. The first-order valence-electron chi connectivity index (χ1n) is 18.1. The summed E-state index contributed by atoms with van der Waals surface area (Å²) >= 11 is 0. The lowest BCUT2D eigenvalue weighted by atomic mass is 9.85. The fourth-order valence-electron chi connectivity index (χ4n) is 6.96. The van der Waals surface area contributed by atoms with E-state index in [4.69, 9.17) is 38.5 Å². The van der Waals surface area contributed by atoms with E-state index >= 15 is 0 Å². The van der Waals surface area contributed by atoms with Crippen LogP contribution in [-0.2, 0) is 23.8 Å². The van der Waals surface area contributed by atoms with Crippen LogP contribution in [0.2, 0.25) is 0 Å². The molecule has 6 N–H and O–H groups in total. The molecule has 4 aliphatic heterocycles. The summed E-state index contributed by atoms with van der Waals surface area (Å²) < 4.78 is 103. The third kappa shape index (κ3) is 7.92. The van der Waals surface area contributed by atoms with Gasteiger partial charge in [0.15, 0.2) is 11.9 Å². The molecule has 22 heteroatoms. The van der Waals surface area contributed by atoms with Crippen LogP contribution in [0.4, 0.5) is 38.0 Å². The number of amides is 1. The van der Waals surface area contributed by atoms with Crippen LogP contribution in [-0.4, -0.2) is 99.4 Å². The molecule has 9 atom stereocenters. The molecule has 0 bridgehead atoms. The van der Waals surface area contributed by atoms with Gasteiger partial charge in [-0.2, -0.15) is 18.7 Å². The molecular formula is C38H43F6N7O9. The van der Waals surface area contributed by atoms with Crippen LogP contribution in [0.15, 0.2) is 59.0 Å². The maximum Gasteiger partial charge on any atom is 0.351 e. The van der Waals surface area contributed by atoms with Crippen molar-refractivity contribution in [3.63, 3.8) is 0 Å². The van der Waals surface area contributed by atoms with Gasteiger partial charge in [0.1, 0.15) is 28.4 Å². The first-order chi connectivity index (χ1) is 27.8. The number of aromatic nitrogens is 4. The second-order valence-electron chi connectivity index (χ2n) is 14.2. The average Bonchev–Trinajstić information content (AvgIpc) is 3.63. The quantitative estimate of drug-likeness (QED) is 0.136. The molecule has 4 aliphatic rings. The Bertz CT molecular complexity index is 2220. The number of terminal acetylenes is 2. The topological polar surface area (TPSA) is 227 Å². The summed E-state index contributed by atoms with van der Waals surface area (Å²) in [4.78, 5) is 53.7. The highest BCUT2D eigenvalue weighted by molar-refractivity contribution is 6.06. The molecule has 60 heavy (non-hydrogen) atoms. The zero-order chi connectivity index (χ0) is 45.4. The van der Waals surface area contributed by atoms with Crippen LogP contribution in [0, 0.1) is 36.5 Å². The van der Waals surface area contributed by atoms with Crippen molar-refractivity contribution < 1.29 is 60.4 Å². The number of hydrogen-bond donors (Lipinski definition) is 4. The molecule has 2 aromatic rings. The molecule has 6 heterocycles. The molecule has 0 saturated carbocycles. The zero-order valence-electron chi connectivity index (χ0n) is 32.6. The number of aliphatic hydroxyl groups excluding tert-OH is 2. The molecule has 3 saturated heterocycles. The number of alkyl halides is 6. The molecular weight excluding hydrogens is 812 g/mol. The molecule has 326 valence electrons. The van der Waals surface area contributed by atoms with Crippen LogP contribution < -0.4 is 22.8 Å². The number of nitrogens with two attached hydrogens (primary N) is 2. The number of allylic oxidation sites excluding steroid dienone is 1. The van der Waals surface area contributed by atoms with E-state index in [1.54, 1.807) is 13.8 Å². The third-order valence-corrected chi connectivity index (χ3v) is 11.0. The Morgan fingerprint density at radius 2 is 1.27 bits per heavy atom. The highest BCUT2D eigenvalue weighted by Gasteiger charge is 2.67. The molecule has 1 amide bonds. The predicted octanol–water partition coefficient (Wildman–Crippen LogP) is 2.39. The number of halogens is 6. The van der Waals surface area contributed by atoms with Gasteiger partial charge in [-0.3, -0.25) is 23.6 Å². The molecule has 0 aromatic carbocycles. The Morgan fingerprint density at radius 1 is 0.833 bits per heavy atom. The van der Waals surface area contributed by atoms with E-state index in [9.17, 15) is 55.7 Å². The number of aliphatic hydroxyl groups is 2. The lowest BCUT2D eigenvalue weighted by molar-refractivity contribution is -0.170. The molecule has 3 fully saturated rings. The van der Waals surface area contributed by atoms with Crippen molar-refractivity contribution in [2.45, 2.75) is 106 Å². The largest absolute Gasteiger partial charge is 0.393 e. The molecule has 6 rings (SSSR count). The third-order valence-electron chi connectivity index (χ3n) is 11.0. The van der Waals surface area contributed by atoms with Crippen molar-refractivity contribution in [1.82, 2.24) is 24.0 Å². The minimum absolute atomic E-state index is 0.0423. The summed E-state index contributed by atoms with van der Waals surface area (Å²) in [5.74, 6) is -9.56. The first-order valence-corrected chi connectivity index (χ1v) is 18.1. The van der Waals surface area contributed by atoms with Crippen LogP contribution >= 0.6 is 0 Å². The minimum atomic E-state index is -3.82. The lowest BCUT2D eigenvalue weighted by Gasteiger charge is -2.31. The molecule has 0 spiro atoms. The first kappa shape index (κ1) is 47.2. The summed E-state index contributed by atoms with van der Waals surface area (Å²) in [7, 11) is 0. The Labute approximate surface area is 338 Å². The second-order valence-corrected chi connectivity index (χ2v) is 14.2. The summed E-state index contributed by atoms with van der Waals surface area (Å²) in [6, 6.07) is 2.40. The van der Waals surface area contributed by atoms with E-state index < -0.39 is 107 Å². The average molecular weight is 856 g/mol. The number of rotatable bonds is 7. The van der Waals surface area contributed by atoms with Crippen molar-refractivity contribution >= 4 is 23.3 Å². The smallest absolute Gasteiger partial charge is 0.351 e. The van der Waals surface area contributed by atoms with Gasteiger partial charge in [-0.15, -0.1) is 19.4 Å². The number of carbonyl (C=O) groups is 2. The number of ketones is 1. The lowest BCUT2D eigenvalue weighted by Crippen LogP contribution is -2.48. The minimum Gasteiger partial charge on any atom is -0.393 e. The summed E-state index contributed by atoms with van der Waals surface area (Å²) in [5, 5.41) is 18.9. The van der Waals surface area contributed by atoms with Gasteiger partial charge in [0.25, 0.3) is 11.8 Å². The maximum atomic E-state index is 14.4. The number of carbonyl (C=O) groups excluding carboxylic acids is 2. The Hall–Kier alpha value is -5.52. The summed E-state index contributed by atoms with van der Waals surface area (Å²) in [6.45, 7) is 8.30. The number of hydrogen-bond acceptors (Lipinski definition) is 13. The van der Waals surface area contributed by atoms with Crippen LogP contribution in [0.1, 0.15) is 59.4 Å². The second kappa shape index (κ2) is 16.9. The van der Waals surface area contributed by atoms with Crippen LogP contribution in [0.3, 0.4) is 0 Å². The molecule has 0 radical (unpaired) electrons. The van der Waals surface area contributed by atoms with Gasteiger partial charge in [-0.05, 0) is 31.1 Å². The van der Waals surface area contributed by atoms with Gasteiger partial charge in [0, 0.05) is 18.6 Å². The monoisotopic (exact) mass is 855 g/mol. The van der Waals surface area contributed by atoms with Crippen molar-refractivity contribution in [3.8, 4) is 24.7 Å². The van der Waals surface area contributed by atoms with Gasteiger partial charge < -0.3 is 35.9 Å². The normalized spacial score (nSPS) is 33.5. The number of anilines is 2.